The Hall–Kier alpha value is -2.42. The Labute approximate surface area is 164 Å². The van der Waals surface area contributed by atoms with Crippen LogP contribution in [0, 0.1) is 0 Å². The monoisotopic (exact) mass is 412 g/mol. The number of halogens is 3. The van der Waals surface area contributed by atoms with Crippen LogP contribution in [0.15, 0.2) is 35.7 Å². The van der Waals surface area contributed by atoms with E-state index in [0.717, 1.165) is 15.5 Å². The summed E-state index contributed by atoms with van der Waals surface area (Å²) in [5, 5.41) is 1.93. The zero-order valence-corrected chi connectivity index (χ0v) is 15.8. The second kappa shape index (κ2) is 7.54. The largest absolute Gasteiger partial charge is 0.486 e. The van der Waals surface area contributed by atoms with Crippen LogP contribution in [0.4, 0.5) is 18.9 Å². The smallest absolute Gasteiger partial charge is 0.406 e. The van der Waals surface area contributed by atoms with Crippen LogP contribution in [-0.4, -0.2) is 49.3 Å². The molecule has 5 nitrogen and oxygen atoms in total. The molecule has 1 saturated heterocycles. The van der Waals surface area contributed by atoms with Gasteiger partial charge in [0.2, 0.25) is 5.91 Å². The number of carbonyl (C=O) groups excluding carboxylic acids is 1. The first-order valence-electron chi connectivity index (χ1n) is 8.95. The molecule has 1 unspecified atom stereocenters. The van der Waals surface area contributed by atoms with E-state index in [-0.39, 0.29) is 6.54 Å². The first-order chi connectivity index (χ1) is 13.4. The summed E-state index contributed by atoms with van der Waals surface area (Å²) in [5.41, 5.74) is 0.727. The van der Waals surface area contributed by atoms with E-state index in [9.17, 15) is 18.0 Å². The number of hydrogen-bond acceptors (Lipinski definition) is 5. The summed E-state index contributed by atoms with van der Waals surface area (Å²) in [4.78, 5) is 16.5. The summed E-state index contributed by atoms with van der Waals surface area (Å²) in [6.45, 7) is 0.222. The summed E-state index contributed by atoms with van der Waals surface area (Å²) in [7, 11) is 0. The van der Waals surface area contributed by atoms with Crippen LogP contribution in [0.3, 0.4) is 0 Å². The third-order valence-electron chi connectivity index (χ3n) is 4.78. The van der Waals surface area contributed by atoms with Crippen LogP contribution in [-0.2, 0) is 11.3 Å². The van der Waals surface area contributed by atoms with Crippen LogP contribution >= 0.6 is 11.3 Å². The lowest BCUT2D eigenvalue weighted by Gasteiger charge is -2.31. The van der Waals surface area contributed by atoms with Crippen LogP contribution in [0.5, 0.6) is 11.5 Å². The maximum Gasteiger partial charge on any atom is 0.406 e. The molecular formula is C19H19F3N2O3S. The molecule has 1 amide bonds. The van der Waals surface area contributed by atoms with Crippen LogP contribution in [0.1, 0.15) is 11.3 Å². The van der Waals surface area contributed by atoms with E-state index < -0.39 is 24.7 Å². The molecule has 4 rings (SSSR count). The number of anilines is 1. The number of likely N-dealkylation sites (tertiary alicyclic amines) is 1. The molecule has 3 heterocycles. The minimum Gasteiger partial charge on any atom is -0.486 e. The van der Waals surface area contributed by atoms with Gasteiger partial charge in [0, 0.05) is 23.2 Å². The van der Waals surface area contributed by atoms with Gasteiger partial charge in [-0.3, -0.25) is 4.79 Å². The number of nitrogens with zero attached hydrogens (tertiary/aromatic N) is 2. The van der Waals surface area contributed by atoms with Gasteiger partial charge in [0.05, 0.1) is 6.54 Å². The molecule has 1 aromatic carbocycles. The second-order valence-corrected chi connectivity index (χ2v) is 7.75. The minimum absolute atomic E-state index is 0.0918. The van der Waals surface area contributed by atoms with E-state index in [1.165, 1.54) is 0 Å². The number of fused-ring (bicyclic) bond motifs is 1. The Bertz CT molecular complexity index is 841. The molecule has 28 heavy (non-hydrogen) atoms. The summed E-state index contributed by atoms with van der Waals surface area (Å²) in [6, 6.07) is 8.60. The first kappa shape index (κ1) is 18.9. The Morgan fingerprint density at radius 2 is 1.96 bits per heavy atom. The summed E-state index contributed by atoms with van der Waals surface area (Å²) in [6.07, 6.45) is -4.06. The van der Waals surface area contributed by atoms with Crippen molar-refractivity contribution in [3.05, 3.63) is 40.6 Å². The fraction of sp³-hybridized carbons (Fsp3) is 0.421. The molecule has 0 N–H and O–H groups in total. The van der Waals surface area contributed by atoms with Crippen molar-refractivity contribution in [2.75, 3.05) is 31.2 Å². The van der Waals surface area contributed by atoms with E-state index in [1.54, 1.807) is 23.5 Å². The number of hydrogen-bond donors (Lipinski definition) is 0. The lowest BCUT2D eigenvalue weighted by Crippen LogP contribution is -2.44. The number of thiophene rings is 1. The number of alkyl halides is 3. The third kappa shape index (κ3) is 4.04. The zero-order valence-electron chi connectivity index (χ0n) is 14.9. The van der Waals surface area contributed by atoms with E-state index in [0.29, 0.717) is 37.7 Å². The van der Waals surface area contributed by atoms with Gasteiger partial charge in [-0.1, -0.05) is 6.07 Å². The maximum atomic E-state index is 12.8. The maximum absolute atomic E-state index is 12.8. The molecule has 0 radical (unpaired) electrons. The van der Waals surface area contributed by atoms with Crippen molar-refractivity contribution in [2.45, 2.75) is 25.2 Å². The van der Waals surface area contributed by atoms with Gasteiger partial charge < -0.3 is 19.3 Å². The topological polar surface area (TPSA) is 42.0 Å². The highest BCUT2D eigenvalue weighted by molar-refractivity contribution is 7.09. The van der Waals surface area contributed by atoms with E-state index >= 15 is 0 Å². The number of amides is 1. The molecule has 0 spiro atoms. The minimum atomic E-state index is -4.40. The predicted molar refractivity (Wildman–Crippen MR) is 99.0 cm³/mol. The lowest BCUT2D eigenvalue weighted by molar-refractivity contribution is -0.157. The van der Waals surface area contributed by atoms with Crippen molar-refractivity contribution in [1.29, 1.82) is 0 Å². The fourth-order valence-corrected chi connectivity index (χ4v) is 4.25. The number of carbonyl (C=O) groups is 1. The van der Waals surface area contributed by atoms with E-state index in [2.05, 4.69) is 0 Å². The average Bonchev–Trinajstić information content (AvgIpc) is 3.29. The van der Waals surface area contributed by atoms with Crippen molar-refractivity contribution in [2.24, 2.45) is 0 Å². The fourth-order valence-electron chi connectivity index (χ4n) is 3.55. The van der Waals surface area contributed by atoms with Gasteiger partial charge in [-0.05, 0) is 30.0 Å². The summed E-state index contributed by atoms with van der Waals surface area (Å²) in [5.74, 6) is 0.712. The van der Waals surface area contributed by atoms with Crippen molar-refractivity contribution >= 4 is 22.9 Å². The van der Waals surface area contributed by atoms with Gasteiger partial charge >= 0.3 is 6.18 Å². The van der Waals surface area contributed by atoms with Crippen molar-refractivity contribution in [3.8, 4) is 11.5 Å². The van der Waals surface area contributed by atoms with Crippen LogP contribution in [0.2, 0.25) is 0 Å². The highest BCUT2D eigenvalue weighted by Gasteiger charge is 2.41. The van der Waals surface area contributed by atoms with Gasteiger partial charge in [0.15, 0.2) is 11.5 Å². The molecule has 1 fully saturated rings. The molecule has 0 bridgehead atoms. The second-order valence-electron chi connectivity index (χ2n) is 6.71. The Kier molecular flexibility index (Phi) is 5.09. The molecule has 9 heteroatoms. The molecule has 150 valence electrons. The number of ether oxygens (including phenoxy) is 2. The van der Waals surface area contributed by atoms with E-state index in [1.807, 2.05) is 28.5 Å². The van der Waals surface area contributed by atoms with Gasteiger partial charge in [-0.25, -0.2) is 0 Å². The highest BCUT2D eigenvalue weighted by atomic mass is 32.1. The van der Waals surface area contributed by atoms with Crippen molar-refractivity contribution in [1.82, 2.24) is 4.90 Å². The molecule has 2 aliphatic rings. The highest BCUT2D eigenvalue weighted by Crippen LogP contribution is 2.37. The molecular weight excluding hydrogens is 393 g/mol. The standard InChI is InChI=1S/C19H19F3N2O3S/c20-19(21,22)12-23-6-5-15(18(23)25)24(11-14-2-1-9-28-14)13-3-4-16-17(10-13)27-8-7-26-16/h1-4,9-10,15H,5-8,11-12H2. The lowest BCUT2D eigenvalue weighted by atomic mass is 10.1. The van der Waals surface area contributed by atoms with Gasteiger partial charge in [-0.2, -0.15) is 13.2 Å². The van der Waals surface area contributed by atoms with E-state index in [4.69, 9.17) is 9.47 Å². The predicted octanol–water partition coefficient (Wildman–Crippen LogP) is 3.69. The van der Waals surface area contributed by atoms with Crippen molar-refractivity contribution < 1.29 is 27.4 Å². The van der Waals surface area contributed by atoms with Crippen molar-refractivity contribution in [3.63, 3.8) is 0 Å². The normalized spacial score (nSPS) is 19.2. The molecule has 0 aliphatic carbocycles. The molecule has 0 saturated carbocycles. The van der Waals surface area contributed by atoms with Gasteiger partial charge in [0.1, 0.15) is 25.8 Å². The average molecular weight is 412 g/mol. The molecule has 1 aromatic heterocycles. The third-order valence-corrected chi connectivity index (χ3v) is 5.64. The quantitative estimate of drug-likeness (QED) is 0.751. The van der Waals surface area contributed by atoms with Gasteiger partial charge in [0.25, 0.3) is 0 Å². The SMILES string of the molecule is O=C1C(N(Cc2cccs2)c2ccc3c(c2)OCCO3)CCN1CC(F)(F)F. The summed E-state index contributed by atoms with van der Waals surface area (Å²) >= 11 is 1.54. The van der Waals surface area contributed by atoms with Crippen LogP contribution in [0.25, 0.3) is 0 Å². The molecule has 2 aliphatic heterocycles. The Morgan fingerprint density at radius 3 is 2.68 bits per heavy atom. The Morgan fingerprint density at radius 1 is 1.18 bits per heavy atom. The van der Waals surface area contributed by atoms with Crippen LogP contribution < -0.4 is 14.4 Å². The molecule has 1 atom stereocenters. The van der Waals surface area contributed by atoms with Gasteiger partial charge in [-0.15, -0.1) is 11.3 Å². The zero-order chi connectivity index (χ0) is 19.7. The molecule has 2 aromatic rings. The number of benzene rings is 1. The first-order valence-corrected chi connectivity index (χ1v) is 9.83. The Balaban J connectivity index is 1.62. The summed E-state index contributed by atoms with van der Waals surface area (Å²) < 4.78 is 49.5. The number of rotatable bonds is 5.